The molecule has 24 heavy (non-hydrogen) atoms. The minimum absolute atomic E-state index is 0.211. The zero-order chi connectivity index (χ0) is 17.5. The summed E-state index contributed by atoms with van der Waals surface area (Å²) in [6.07, 6.45) is 4.00. The molecule has 0 bridgehead atoms. The van der Waals surface area contributed by atoms with Crippen LogP contribution in [-0.4, -0.2) is 45.2 Å². The standard InChI is InChI=1S/C19H30N2O3/c1-14-11-17(23-3)18(24-4)12-16(14)13-21(2)19(22)6-5-15-7-9-20-10-8-15/h11-12,15,20H,5-10,13H2,1-4H3. The Bertz CT molecular complexity index is 554. The Morgan fingerprint density at radius 3 is 2.46 bits per heavy atom. The van der Waals surface area contributed by atoms with Gasteiger partial charge in [0.05, 0.1) is 14.2 Å². The molecule has 2 rings (SSSR count). The molecule has 0 aromatic heterocycles. The van der Waals surface area contributed by atoms with E-state index in [-0.39, 0.29) is 5.91 Å². The Kier molecular flexibility index (Phi) is 6.91. The molecule has 0 spiro atoms. The molecule has 1 aliphatic heterocycles. The van der Waals surface area contributed by atoms with Crippen molar-refractivity contribution in [3.8, 4) is 11.5 Å². The van der Waals surface area contributed by atoms with Crippen molar-refractivity contribution in [1.82, 2.24) is 10.2 Å². The predicted molar refractivity (Wildman–Crippen MR) is 95.6 cm³/mol. The highest BCUT2D eigenvalue weighted by atomic mass is 16.5. The van der Waals surface area contributed by atoms with E-state index in [1.165, 1.54) is 12.8 Å². The average molecular weight is 334 g/mol. The number of nitrogens with one attached hydrogen (secondary N) is 1. The first-order valence-electron chi connectivity index (χ1n) is 8.71. The van der Waals surface area contributed by atoms with Crippen LogP contribution in [0.25, 0.3) is 0 Å². The quantitative estimate of drug-likeness (QED) is 0.833. The smallest absolute Gasteiger partial charge is 0.222 e. The lowest BCUT2D eigenvalue weighted by atomic mass is 9.93. The van der Waals surface area contributed by atoms with E-state index in [9.17, 15) is 4.79 Å². The van der Waals surface area contributed by atoms with E-state index in [1.54, 1.807) is 14.2 Å². The fourth-order valence-electron chi connectivity index (χ4n) is 3.23. The number of amides is 1. The van der Waals surface area contributed by atoms with Crippen molar-refractivity contribution in [2.75, 3.05) is 34.4 Å². The molecule has 0 aliphatic carbocycles. The van der Waals surface area contributed by atoms with Gasteiger partial charge in [0, 0.05) is 20.0 Å². The summed E-state index contributed by atoms with van der Waals surface area (Å²) in [6, 6.07) is 3.92. The molecule has 1 N–H and O–H groups in total. The lowest BCUT2D eigenvalue weighted by molar-refractivity contribution is -0.130. The van der Waals surface area contributed by atoms with E-state index in [2.05, 4.69) is 5.32 Å². The van der Waals surface area contributed by atoms with Crippen molar-refractivity contribution < 1.29 is 14.3 Å². The van der Waals surface area contributed by atoms with Gasteiger partial charge in [-0.3, -0.25) is 4.79 Å². The van der Waals surface area contributed by atoms with E-state index in [0.717, 1.165) is 36.4 Å². The number of rotatable bonds is 7. The number of aryl methyl sites for hydroxylation is 1. The molecule has 1 aliphatic rings. The highest BCUT2D eigenvalue weighted by Crippen LogP contribution is 2.30. The number of carbonyl (C=O) groups excluding carboxylic acids is 1. The summed E-state index contributed by atoms with van der Waals surface area (Å²) in [4.78, 5) is 14.2. The van der Waals surface area contributed by atoms with Gasteiger partial charge in [-0.2, -0.15) is 0 Å². The molecule has 134 valence electrons. The summed E-state index contributed by atoms with van der Waals surface area (Å²) in [5.41, 5.74) is 2.19. The molecule has 1 amide bonds. The van der Waals surface area contributed by atoms with Crippen LogP contribution < -0.4 is 14.8 Å². The summed E-state index contributed by atoms with van der Waals surface area (Å²) in [6.45, 7) is 4.79. The molecule has 0 radical (unpaired) electrons. The summed E-state index contributed by atoms with van der Waals surface area (Å²) >= 11 is 0. The summed E-state index contributed by atoms with van der Waals surface area (Å²) in [5.74, 6) is 2.32. The van der Waals surface area contributed by atoms with E-state index in [0.29, 0.717) is 24.6 Å². The maximum Gasteiger partial charge on any atom is 0.222 e. The van der Waals surface area contributed by atoms with Crippen LogP contribution in [0.3, 0.4) is 0 Å². The first-order valence-corrected chi connectivity index (χ1v) is 8.71. The summed E-state index contributed by atoms with van der Waals surface area (Å²) in [5, 5.41) is 3.37. The zero-order valence-electron chi connectivity index (χ0n) is 15.4. The number of hydrogen-bond donors (Lipinski definition) is 1. The van der Waals surface area contributed by atoms with Crippen LogP contribution in [-0.2, 0) is 11.3 Å². The Morgan fingerprint density at radius 1 is 1.21 bits per heavy atom. The Balaban J connectivity index is 1.92. The molecular formula is C19H30N2O3. The van der Waals surface area contributed by atoms with Crippen LogP contribution in [0, 0.1) is 12.8 Å². The third-order valence-electron chi connectivity index (χ3n) is 4.90. The molecule has 1 aromatic rings. The fourth-order valence-corrected chi connectivity index (χ4v) is 3.23. The number of hydrogen-bond acceptors (Lipinski definition) is 4. The molecule has 0 atom stereocenters. The predicted octanol–water partition coefficient (Wildman–Crippen LogP) is 2.75. The van der Waals surface area contributed by atoms with Crippen molar-refractivity contribution in [2.24, 2.45) is 5.92 Å². The molecule has 0 saturated carbocycles. The maximum absolute atomic E-state index is 12.4. The van der Waals surface area contributed by atoms with Gasteiger partial charge >= 0.3 is 0 Å². The highest BCUT2D eigenvalue weighted by Gasteiger charge is 2.17. The Labute approximate surface area is 145 Å². The molecule has 1 heterocycles. The minimum atomic E-state index is 0.211. The van der Waals surface area contributed by atoms with Crippen LogP contribution in [0.15, 0.2) is 12.1 Å². The van der Waals surface area contributed by atoms with Crippen molar-refractivity contribution in [1.29, 1.82) is 0 Å². The Morgan fingerprint density at radius 2 is 1.83 bits per heavy atom. The fraction of sp³-hybridized carbons (Fsp3) is 0.632. The van der Waals surface area contributed by atoms with Gasteiger partial charge in [0.2, 0.25) is 5.91 Å². The van der Waals surface area contributed by atoms with Crippen molar-refractivity contribution >= 4 is 5.91 Å². The number of carbonyl (C=O) groups is 1. The molecule has 1 saturated heterocycles. The number of nitrogens with zero attached hydrogens (tertiary/aromatic N) is 1. The Hall–Kier alpha value is -1.75. The lowest BCUT2D eigenvalue weighted by Gasteiger charge is -2.24. The summed E-state index contributed by atoms with van der Waals surface area (Å²) < 4.78 is 10.7. The summed E-state index contributed by atoms with van der Waals surface area (Å²) in [7, 11) is 5.14. The van der Waals surface area contributed by atoms with Crippen molar-refractivity contribution in [2.45, 2.75) is 39.2 Å². The van der Waals surface area contributed by atoms with Crippen molar-refractivity contribution in [3.05, 3.63) is 23.3 Å². The number of benzene rings is 1. The third kappa shape index (κ3) is 4.87. The van der Waals surface area contributed by atoms with Crippen LogP contribution in [0.2, 0.25) is 0 Å². The molecule has 1 fully saturated rings. The topological polar surface area (TPSA) is 50.8 Å². The number of methoxy groups -OCH3 is 2. The SMILES string of the molecule is COc1cc(C)c(CN(C)C(=O)CCC2CCNCC2)cc1OC. The second-order valence-electron chi connectivity index (χ2n) is 6.62. The van der Waals surface area contributed by atoms with E-state index >= 15 is 0 Å². The molecule has 5 nitrogen and oxygen atoms in total. The second kappa shape index (κ2) is 8.92. The van der Waals surface area contributed by atoms with Crippen LogP contribution in [0.4, 0.5) is 0 Å². The largest absolute Gasteiger partial charge is 0.493 e. The third-order valence-corrected chi connectivity index (χ3v) is 4.90. The van der Waals surface area contributed by atoms with Gasteiger partial charge in [-0.15, -0.1) is 0 Å². The monoisotopic (exact) mass is 334 g/mol. The van der Waals surface area contributed by atoms with Crippen molar-refractivity contribution in [3.63, 3.8) is 0 Å². The van der Waals surface area contributed by atoms with E-state index < -0.39 is 0 Å². The molecule has 5 heteroatoms. The zero-order valence-corrected chi connectivity index (χ0v) is 15.4. The molecular weight excluding hydrogens is 304 g/mol. The van der Waals surface area contributed by atoms with Gasteiger partial charge in [-0.25, -0.2) is 0 Å². The maximum atomic E-state index is 12.4. The first-order chi connectivity index (χ1) is 11.5. The molecule has 0 unspecified atom stereocenters. The first kappa shape index (κ1) is 18.6. The second-order valence-corrected chi connectivity index (χ2v) is 6.62. The van der Waals surface area contributed by atoms with Crippen LogP contribution >= 0.6 is 0 Å². The van der Waals surface area contributed by atoms with Gasteiger partial charge in [0.1, 0.15) is 0 Å². The normalized spacial score (nSPS) is 15.2. The average Bonchev–Trinajstić information content (AvgIpc) is 2.61. The van der Waals surface area contributed by atoms with Crippen LogP contribution in [0.5, 0.6) is 11.5 Å². The highest BCUT2D eigenvalue weighted by molar-refractivity contribution is 5.76. The van der Waals surface area contributed by atoms with Gasteiger partial charge < -0.3 is 19.7 Å². The van der Waals surface area contributed by atoms with Crippen LogP contribution in [0.1, 0.15) is 36.8 Å². The van der Waals surface area contributed by atoms with Gasteiger partial charge in [0.15, 0.2) is 11.5 Å². The van der Waals surface area contributed by atoms with E-state index in [1.807, 2.05) is 31.0 Å². The minimum Gasteiger partial charge on any atom is -0.493 e. The van der Waals surface area contributed by atoms with E-state index in [4.69, 9.17) is 9.47 Å². The van der Waals surface area contributed by atoms with Gasteiger partial charge in [-0.1, -0.05) is 0 Å². The molecule has 1 aromatic carbocycles. The lowest BCUT2D eigenvalue weighted by Crippen LogP contribution is -2.30. The number of ether oxygens (including phenoxy) is 2. The van der Waals surface area contributed by atoms with Gasteiger partial charge in [-0.05, 0) is 68.5 Å². The number of piperidine rings is 1. The van der Waals surface area contributed by atoms with Gasteiger partial charge in [0.25, 0.3) is 0 Å².